The molecule has 1 N–H and O–H groups in total. The average Bonchev–Trinajstić information content (AvgIpc) is 2.65. The molecular weight excluding hydrogens is 320 g/mol. The van der Waals surface area contributed by atoms with Crippen LogP contribution in [0.1, 0.15) is 17.2 Å². The second-order valence-corrected chi connectivity index (χ2v) is 5.86. The fraction of sp³-hybridized carbons (Fsp3) is 0.263. The van der Waals surface area contributed by atoms with E-state index in [1.165, 1.54) is 18.2 Å². The number of morpholine rings is 1. The predicted octanol–water partition coefficient (Wildman–Crippen LogP) is 3.39. The lowest BCUT2D eigenvalue weighted by Crippen LogP contribution is -2.38. The van der Waals surface area contributed by atoms with E-state index in [-0.39, 0.29) is 17.5 Å². The molecule has 6 heteroatoms. The van der Waals surface area contributed by atoms with Gasteiger partial charge < -0.3 is 9.84 Å². The summed E-state index contributed by atoms with van der Waals surface area (Å²) >= 11 is 0. The van der Waals surface area contributed by atoms with Gasteiger partial charge in [0.2, 0.25) is 0 Å². The van der Waals surface area contributed by atoms with Crippen LogP contribution in [0.4, 0.5) is 5.69 Å². The monoisotopic (exact) mass is 340 g/mol. The fourth-order valence-electron chi connectivity index (χ4n) is 2.94. The number of phenolic OH excluding ortho intramolecular Hbond substituents is 1. The van der Waals surface area contributed by atoms with Crippen LogP contribution in [-0.4, -0.2) is 41.2 Å². The number of rotatable bonds is 5. The number of aromatic hydroxyl groups is 1. The summed E-state index contributed by atoms with van der Waals surface area (Å²) in [5.41, 5.74) is 1.54. The van der Waals surface area contributed by atoms with Crippen LogP contribution in [0, 0.1) is 10.1 Å². The minimum absolute atomic E-state index is 0.0285. The van der Waals surface area contributed by atoms with Crippen LogP contribution < -0.4 is 0 Å². The van der Waals surface area contributed by atoms with Crippen LogP contribution in [0.15, 0.2) is 54.6 Å². The Morgan fingerprint density at radius 1 is 1.16 bits per heavy atom. The highest BCUT2D eigenvalue weighted by molar-refractivity contribution is 5.53. The molecule has 1 heterocycles. The number of nitro groups is 1. The molecule has 1 fully saturated rings. The second-order valence-electron chi connectivity index (χ2n) is 5.86. The molecule has 0 radical (unpaired) electrons. The van der Waals surface area contributed by atoms with Crippen molar-refractivity contribution in [1.82, 2.24) is 4.90 Å². The molecule has 130 valence electrons. The van der Waals surface area contributed by atoms with Crippen LogP contribution >= 0.6 is 0 Å². The van der Waals surface area contributed by atoms with E-state index in [1.807, 2.05) is 42.5 Å². The summed E-state index contributed by atoms with van der Waals surface area (Å²) in [6, 6.07) is 13.7. The van der Waals surface area contributed by atoms with Crippen LogP contribution in [-0.2, 0) is 4.74 Å². The highest BCUT2D eigenvalue weighted by Gasteiger charge is 2.24. The number of nitrogens with zero attached hydrogens (tertiary/aromatic N) is 2. The Kier molecular flexibility index (Phi) is 5.42. The average molecular weight is 340 g/mol. The maximum atomic E-state index is 11.1. The maximum Gasteiger partial charge on any atom is 0.270 e. The number of hydrogen-bond acceptors (Lipinski definition) is 5. The zero-order chi connectivity index (χ0) is 17.6. The third-order valence-electron chi connectivity index (χ3n) is 4.25. The van der Waals surface area contributed by atoms with Crippen LogP contribution in [0.5, 0.6) is 5.75 Å². The number of hydrogen-bond donors (Lipinski definition) is 1. The highest BCUT2D eigenvalue weighted by Crippen LogP contribution is 2.33. The number of nitro benzene ring substituents is 1. The molecule has 1 aliphatic heterocycles. The smallest absolute Gasteiger partial charge is 0.270 e. The summed E-state index contributed by atoms with van der Waals surface area (Å²) in [4.78, 5) is 12.8. The molecule has 0 spiro atoms. The highest BCUT2D eigenvalue weighted by atomic mass is 16.6. The van der Waals surface area contributed by atoms with Gasteiger partial charge in [-0.25, -0.2) is 0 Å². The first-order valence-electron chi connectivity index (χ1n) is 8.17. The Labute approximate surface area is 146 Å². The lowest BCUT2D eigenvalue weighted by atomic mass is 10.0. The summed E-state index contributed by atoms with van der Waals surface area (Å²) in [5.74, 6) is 0.0554. The van der Waals surface area contributed by atoms with E-state index >= 15 is 0 Å². The quantitative estimate of drug-likeness (QED) is 0.667. The molecule has 1 atom stereocenters. The molecule has 6 nitrogen and oxygen atoms in total. The van der Waals surface area contributed by atoms with Crippen molar-refractivity contribution in [3.63, 3.8) is 0 Å². The standard InChI is InChI=1S/C19H20N2O4/c22-19-9-7-16(21(23)24)14-17(19)18(20-10-12-25-13-11-20)8-6-15-4-2-1-3-5-15/h1-9,14,18,22H,10-13H2/b8-6+. The van der Waals surface area contributed by atoms with Gasteiger partial charge in [0.05, 0.1) is 24.2 Å². The maximum absolute atomic E-state index is 11.1. The number of non-ortho nitro benzene ring substituents is 1. The molecule has 2 aromatic carbocycles. The SMILES string of the molecule is O=[N+]([O-])c1ccc(O)c(C(/C=C/c2ccccc2)N2CCOCC2)c1. The zero-order valence-electron chi connectivity index (χ0n) is 13.7. The largest absolute Gasteiger partial charge is 0.508 e. The van der Waals surface area contributed by atoms with E-state index in [1.54, 1.807) is 0 Å². The van der Waals surface area contributed by atoms with Crippen molar-refractivity contribution in [2.45, 2.75) is 6.04 Å². The van der Waals surface area contributed by atoms with Crippen molar-refractivity contribution >= 4 is 11.8 Å². The summed E-state index contributed by atoms with van der Waals surface area (Å²) in [6.07, 6.45) is 3.94. The van der Waals surface area contributed by atoms with E-state index in [0.717, 1.165) is 5.56 Å². The van der Waals surface area contributed by atoms with Gasteiger partial charge in [-0.05, 0) is 11.6 Å². The topological polar surface area (TPSA) is 75.8 Å². The fourth-order valence-corrected chi connectivity index (χ4v) is 2.94. The van der Waals surface area contributed by atoms with Crippen molar-refractivity contribution in [3.8, 4) is 5.75 Å². The van der Waals surface area contributed by atoms with Gasteiger partial charge in [0.15, 0.2) is 0 Å². The van der Waals surface area contributed by atoms with Gasteiger partial charge >= 0.3 is 0 Å². The van der Waals surface area contributed by atoms with Crippen LogP contribution in [0.3, 0.4) is 0 Å². The van der Waals surface area contributed by atoms with Crippen molar-refractivity contribution in [2.24, 2.45) is 0 Å². The minimum atomic E-state index is -0.444. The van der Waals surface area contributed by atoms with Crippen molar-refractivity contribution in [3.05, 3.63) is 75.8 Å². The third-order valence-corrected chi connectivity index (χ3v) is 4.25. The summed E-state index contributed by atoms with van der Waals surface area (Å²) < 4.78 is 5.40. The minimum Gasteiger partial charge on any atom is -0.508 e. The summed E-state index contributed by atoms with van der Waals surface area (Å²) in [7, 11) is 0. The van der Waals surface area contributed by atoms with E-state index in [2.05, 4.69) is 4.90 Å². The van der Waals surface area contributed by atoms with Gasteiger partial charge in [0, 0.05) is 30.8 Å². The lowest BCUT2D eigenvalue weighted by molar-refractivity contribution is -0.385. The first-order chi connectivity index (χ1) is 12.1. The zero-order valence-corrected chi connectivity index (χ0v) is 13.7. The Hall–Kier alpha value is -2.70. The molecule has 3 rings (SSSR count). The second kappa shape index (κ2) is 7.92. The molecule has 1 aliphatic rings. The van der Waals surface area contributed by atoms with E-state index in [9.17, 15) is 15.2 Å². The molecule has 0 bridgehead atoms. The predicted molar refractivity (Wildman–Crippen MR) is 95.4 cm³/mol. The van der Waals surface area contributed by atoms with Gasteiger partial charge in [-0.15, -0.1) is 0 Å². The van der Waals surface area contributed by atoms with Gasteiger partial charge in [-0.2, -0.15) is 0 Å². The Bertz CT molecular complexity index is 755. The molecule has 0 aromatic heterocycles. The molecule has 0 saturated carbocycles. The lowest BCUT2D eigenvalue weighted by Gasteiger charge is -2.33. The third kappa shape index (κ3) is 4.23. The van der Waals surface area contributed by atoms with Crippen LogP contribution in [0.2, 0.25) is 0 Å². The van der Waals surface area contributed by atoms with Crippen molar-refractivity contribution in [2.75, 3.05) is 26.3 Å². The number of ether oxygens (including phenoxy) is 1. The number of benzene rings is 2. The molecule has 1 unspecified atom stereocenters. The molecule has 1 saturated heterocycles. The Morgan fingerprint density at radius 3 is 2.56 bits per heavy atom. The van der Waals surface area contributed by atoms with E-state index < -0.39 is 4.92 Å². The Balaban J connectivity index is 1.97. The first-order valence-corrected chi connectivity index (χ1v) is 8.17. The molecular formula is C19H20N2O4. The normalized spacial score (nSPS) is 16.8. The van der Waals surface area contributed by atoms with Gasteiger partial charge in [-0.3, -0.25) is 15.0 Å². The van der Waals surface area contributed by atoms with E-state index in [0.29, 0.717) is 31.9 Å². The molecule has 2 aromatic rings. The molecule has 0 aliphatic carbocycles. The molecule has 25 heavy (non-hydrogen) atoms. The van der Waals surface area contributed by atoms with E-state index in [4.69, 9.17) is 4.74 Å². The summed E-state index contributed by atoms with van der Waals surface area (Å²) in [5, 5.41) is 21.4. The Morgan fingerprint density at radius 2 is 1.88 bits per heavy atom. The van der Waals surface area contributed by atoms with Crippen molar-refractivity contribution < 1.29 is 14.8 Å². The molecule has 0 amide bonds. The van der Waals surface area contributed by atoms with Crippen molar-refractivity contribution in [1.29, 1.82) is 0 Å². The number of phenols is 1. The first kappa shape index (κ1) is 17.1. The summed E-state index contributed by atoms with van der Waals surface area (Å²) in [6.45, 7) is 2.61. The van der Waals surface area contributed by atoms with Gasteiger partial charge in [-0.1, -0.05) is 42.5 Å². The van der Waals surface area contributed by atoms with Gasteiger partial charge in [0.1, 0.15) is 5.75 Å². The van der Waals surface area contributed by atoms with Crippen LogP contribution in [0.25, 0.3) is 6.08 Å². The van der Waals surface area contributed by atoms with Gasteiger partial charge in [0.25, 0.3) is 5.69 Å².